The number of fused-ring (bicyclic) bond motifs is 1. The number of sulfonamides is 1. The van der Waals surface area contributed by atoms with E-state index in [1.54, 1.807) is 30.3 Å². The van der Waals surface area contributed by atoms with Crippen molar-refractivity contribution in [3.05, 3.63) is 72.3 Å². The minimum absolute atomic E-state index is 0.0318. The Morgan fingerprint density at radius 1 is 0.938 bits per heavy atom. The second-order valence-corrected chi connectivity index (χ2v) is 8.57. The van der Waals surface area contributed by atoms with Crippen molar-refractivity contribution in [2.24, 2.45) is 15.4 Å². The van der Waals surface area contributed by atoms with Crippen LogP contribution in [0.15, 0.2) is 81.9 Å². The van der Waals surface area contributed by atoms with Crippen molar-refractivity contribution < 1.29 is 23.4 Å². The Bertz CT molecular complexity index is 1380. The van der Waals surface area contributed by atoms with E-state index in [2.05, 4.69) is 15.2 Å². The third kappa shape index (κ3) is 4.71. The number of rotatable bonds is 7. The van der Waals surface area contributed by atoms with E-state index in [-0.39, 0.29) is 22.2 Å². The molecule has 0 amide bonds. The van der Waals surface area contributed by atoms with Crippen LogP contribution in [0.1, 0.15) is 5.56 Å². The molecule has 4 rings (SSSR count). The summed E-state index contributed by atoms with van der Waals surface area (Å²) < 4.78 is 28.7. The Kier molecular flexibility index (Phi) is 5.80. The number of aromatic hydroxyl groups is 2. The monoisotopic (exact) mass is 452 g/mol. The minimum Gasteiger partial charge on any atom is -0.508 e. The van der Waals surface area contributed by atoms with Gasteiger partial charge in [0.15, 0.2) is 5.69 Å². The molecule has 0 aliphatic carbocycles. The quantitative estimate of drug-likeness (QED) is 0.309. The molecule has 0 saturated carbocycles. The summed E-state index contributed by atoms with van der Waals surface area (Å²) in [7, 11) is -3.80. The number of phenolic OH excluding ortho intramolecular Hbond substituents is 1. The smallest absolute Gasteiger partial charge is 0.238 e. The number of primary sulfonamides is 1. The number of phenols is 1. The van der Waals surface area contributed by atoms with E-state index in [0.29, 0.717) is 35.4 Å². The molecule has 5 N–H and O–H groups in total. The highest BCUT2D eigenvalue weighted by molar-refractivity contribution is 7.89. The van der Waals surface area contributed by atoms with E-state index >= 15 is 0 Å². The number of nitrogens with zero attached hydrogens (tertiary/aromatic N) is 2. The molecule has 1 aromatic heterocycles. The molecule has 0 saturated heterocycles. The van der Waals surface area contributed by atoms with Crippen LogP contribution in [0.2, 0.25) is 0 Å². The van der Waals surface area contributed by atoms with Crippen molar-refractivity contribution in [1.29, 1.82) is 0 Å². The van der Waals surface area contributed by atoms with Crippen molar-refractivity contribution in [3.63, 3.8) is 0 Å². The number of hydrogen-bond donors (Lipinski definition) is 4. The molecule has 1 heterocycles. The lowest BCUT2D eigenvalue weighted by atomic mass is 10.1. The maximum atomic E-state index is 11.4. The van der Waals surface area contributed by atoms with Crippen LogP contribution in [-0.2, 0) is 16.4 Å². The highest BCUT2D eigenvalue weighted by Crippen LogP contribution is 2.41. The number of hydrogen-bond acceptors (Lipinski definition) is 7. The van der Waals surface area contributed by atoms with Crippen LogP contribution in [0.25, 0.3) is 10.9 Å². The van der Waals surface area contributed by atoms with Gasteiger partial charge in [-0.3, -0.25) is 0 Å². The van der Waals surface area contributed by atoms with Crippen molar-refractivity contribution in [2.45, 2.75) is 11.3 Å². The summed E-state index contributed by atoms with van der Waals surface area (Å²) in [5.41, 5.74) is 2.23. The highest BCUT2D eigenvalue weighted by atomic mass is 32.2. The fourth-order valence-corrected chi connectivity index (χ4v) is 3.67. The van der Waals surface area contributed by atoms with Gasteiger partial charge in [0.05, 0.1) is 28.1 Å². The maximum Gasteiger partial charge on any atom is 0.238 e. The third-order valence-electron chi connectivity index (χ3n) is 4.76. The van der Waals surface area contributed by atoms with Crippen LogP contribution in [0.5, 0.6) is 17.4 Å². The number of ether oxygens (including phenoxy) is 1. The SMILES string of the molecule is NS(=O)(=O)c1ccc(N=Nc2c(O)[nH]c3cccc(OCCc4ccc(O)cc4)c23)cc1. The Morgan fingerprint density at radius 3 is 2.34 bits per heavy atom. The molecule has 0 spiro atoms. The number of H-pyrrole nitrogens is 1. The van der Waals surface area contributed by atoms with Crippen LogP contribution in [0.3, 0.4) is 0 Å². The van der Waals surface area contributed by atoms with Gasteiger partial charge in [0, 0.05) is 6.42 Å². The van der Waals surface area contributed by atoms with Gasteiger partial charge in [0.1, 0.15) is 11.5 Å². The predicted molar refractivity (Wildman–Crippen MR) is 119 cm³/mol. The molecule has 4 aromatic rings. The molecule has 9 nitrogen and oxygen atoms in total. The third-order valence-corrected chi connectivity index (χ3v) is 5.69. The van der Waals surface area contributed by atoms with Crippen molar-refractivity contribution >= 4 is 32.3 Å². The Labute approximate surface area is 183 Å². The van der Waals surface area contributed by atoms with Crippen molar-refractivity contribution in [3.8, 4) is 17.4 Å². The lowest BCUT2D eigenvalue weighted by molar-refractivity contribution is 0.325. The standard InChI is InChI=1S/C22H20N4O5S/c23-32(29,30)17-10-6-15(7-11-17)25-26-21-20-18(24-22(21)28)2-1-3-19(20)31-13-12-14-4-8-16(27)9-5-14/h1-11,24,27-28H,12-13H2,(H2,23,29,30). The zero-order chi connectivity index (χ0) is 22.7. The van der Waals surface area contributed by atoms with Crippen LogP contribution in [-0.4, -0.2) is 30.2 Å². The first kappa shape index (κ1) is 21.3. The summed E-state index contributed by atoms with van der Waals surface area (Å²) in [5, 5.41) is 33.6. The van der Waals surface area contributed by atoms with Crippen molar-refractivity contribution in [2.75, 3.05) is 6.61 Å². The Hall–Kier alpha value is -3.89. The molecule has 0 bridgehead atoms. The average Bonchev–Trinajstić information content (AvgIpc) is 3.09. The highest BCUT2D eigenvalue weighted by Gasteiger charge is 2.15. The van der Waals surface area contributed by atoms with E-state index in [1.807, 2.05) is 12.1 Å². The van der Waals surface area contributed by atoms with Crippen LogP contribution < -0.4 is 9.88 Å². The molecular formula is C22H20N4O5S. The average molecular weight is 452 g/mol. The van der Waals surface area contributed by atoms with Crippen LogP contribution in [0.4, 0.5) is 11.4 Å². The van der Waals surface area contributed by atoms with Gasteiger partial charge in [-0.1, -0.05) is 18.2 Å². The summed E-state index contributed by atoms with van der Waals surface area (Å²) in [6.45, 7) is 0.376. The van der Waals surface area contributed by atoms with Gasteiger partial charge in [0.25, 0.3) is 0 Å². The van der Waals surface area contributed by atoms with Crippen LogP contribution in [0, 0.1) is 0 Å². The van der Waals surface area contributed by atoms with Gasteiger partial charge in [-0.05, 0) is 54.1 Å². The number of aromatic nitrogens is 1. The van der Waals surface area contributed by atoms with Gasteiger partial charge in [0.2, 0.25) is 15.9 Å². The summed E-state index contributed by atoms with van der Waals surface area (Å²) in [6.07, 6.45) is 0.625. The van der Waals surface area contributed by atoms with Crippen LogP contribution >= 0.6 is 0 Å². The summed E-state index contributed by atoms with van der Waals surface area (Å²) in [5.74, 6) is 0.562. The molecule has 0 unspecified atom stereocenters. The van der Waals surface area contributed by atoms with E-state index in [0.717, 1.165) is 5.56 Å². The number of nitrogens with two attached hydrogens (primary N) is 1. The first-order valence-electron chi connectivity index (χ1n) is 9.60. The zero-order valence-corrected chi connectivity index (χ0v) is 17.6. The molecule has 10 heteroatoms. The fourth-order valence-electron chi connectivity index (χ4n) is 3.15. The zero-order valence-electron chi connectivity index (χ0n) is 16.8. The molecule has 0 aliphatic rings. The normalized spacial score (nSPS) is 11.9. The summed E-state index contributed by atoms with van der Waals surface area (Å²) in [6, 6.07) is 17.8. The van der Waals surface area contributed by atoms with Gasteiger partial charge < -0.3 is 19.9 Å². The molecule has 3 aromatic carbocycles. The molecule has 0 radical (unpaired) electrons. The lowest BCUT2D eigenvalue weighted by Gasteiger charge is -2.08. The topological polar surface area (TPSA) is 150 Å². The maximum absolute atomic E-state index is 11.4. The Morgan fingerprint density at radius 2 is 1.66 bits per heavy atom. The molecule has 164 valence electrons. The first-order valence-corrected chi connectivity index (χ1v) is 11.1. The number of nitrogens with one attached hydrogen (secondary N) is 1. The molecule has 0 aliphatic heterocycles. The van der Waals surface area contributed by atoms with Gasteiger partial charge in [-0.25, -0.2) is 13.6 Å². The minimum atomic E-state index is -3.80. The summed E-state index contributed by atoms with van der Waals surface area (Å²) in [4.78, 5) is 2.81. The van der Waals surface area contributed by atoms with E-state index in [4.69, 9.17) is 9.88 Å². The first-order chi connectivity index (χ1) is 15.3. The second-order valence-electron chi connectivity index (χ2n) is 7.00. The van der Waals surface area contributed by atoms with Crippen molar-refractivity contribution in [1.82, 2.24) is 4.98 Å². The molecule has 32 heavy (non-hydrogen) atoms. The number of azo groups is 1. The Balaban J connectivity index is 1.57. The predicted octanol–water partition coefficient (Wildman–Crippen LogP) is 4.26. The van der Waals surface area contributed by atoms with E-state index < -0.39 is 10.0 Å². The molecule has 0 atom stereocenters. The fraction of sp³-hybridized carbons (Fsp3) is 0.0909. The van der Waals surface area contributed by atoms with Gasteiger partial charge in [-0.2, -0.15) is 5.11 Å². The van der Waals surface area contributed by atoms with E-state index in [1.165, 1.54) is 24.3 Å². The van der Waals surface area contributed by atoms with Gasteiger partial charge >= 0.3 is 0 Å². The summed E-state index contributed by atoms with van der Waals surface area (Å²) >= 11 is 0. The molecular weight excluding hydrogens is 432 g/mol. The molecule has 0 fully saturated rings. The van der Waals surface area contributed by atoms with E-state index in [9.17, 15) is 18.6 Å². The number of benzene rings is 3. The van der Waals surface area contributed by atoms with Gasteiger partial charge in [-0.15, -0.1) is 5.11 Å². The number of aromatic amines is 1. The largest absolute Gasteiger partial charge is 0.508 e. The lowest BCUT2D eigenvalue weighted by Crippen LogP contribution is -2.11. The second kappa shape index (κ2) is 8.69.